The molecule has 1 atom stereocenters. The van der Waals surface area contributed by atoms with Crippen molar-refractivity contribution in [3.05, 3.63) is 12.2 Å². The molecule has 0 aromatic heterocycles. The van der Waals surface area contributed by atoms with Crippen LogP contribution in [0.1, 0.15) is 91.4 Å². The van der Waals surface area contributed by atoms with Crippen molar-refractivity contribution in [1.82, 2.24) is 5.32 Å². The summed E-state index contributed by atoms with van der Waals surface area (Å²) < 4.78 is 0.987. The monoisotopic (exact) mass is 378 g/mol. The van der Waals surface area contributed by atoms with Crippen LogP contribution in [0.15, 0.2) is 17.1 Å². The van der Waals surface area contributed by atoms with Gasteiger partial charge in [0.1, 0.15) is 13.1 Å². The molecule has 1 rings (SSSR count). The minimum Gasteiger partial charge on any atom is -0.351 e. The third-order valence-electron chi connectivity index (χ3n) is 5.80. The molecule has 0 bridgehead atoms. The predicted molar refractivity (Wildman–Crippen MR) is 117 cm³/mol. The summed E-state index contributed by atoms with van der Waals surface area (Å²) in [6, 6.07) is 0. The van der Waals surface area contributed by atoms with E-state index in [-0.39, 0.29) is 5.91 Å². The van der Waals surface area contributed by atoms with Crippen LogP contribution in [0.3, 0.4) is 0 Å². The standard InChI is InChI=1S/C23H43N3O/c1-4-6-7-8-9-10-11-12-13-14-15-16-17-23-25-19-21-26(23,5-2)20-18-24-22(3)27/h10-11H,4-9,12-21H2,1-3H3/p+1/b11-10+. The second-order valence-electron chi connectivity index (χ2n) is 7.96. The molecule has 0 aromatic rings. The van der Waals surface area contributed by atoms with Gasteiger partial charge in [0.2, 0.25) is 5.91 Å². The average molecular weight is 379 g/mol. The van der Waals surface area contributed by atoms with Gasteiger partial charge in [-0.3, -0.25) is 9.28 Å². The second-order valence-corrected chi connectivity index (χ2v) is 7.96. The quantitative estimate of drug-likeness (QED) is 0.223. The van der Waals surface area contributed by atoms with Gasteiger partial charge >= 0.3 is 0 Å². The maximum atomic E-state index is 11.1. The number of likely N-dealkylation sites (N-methyl/N-ethyl adjacent to an activating group) is 1. The van der Waals surface area contributed by atoms with Crippen LogP contribution in [-0.4, -0.2) is 48.9 Å². The number of hydrogen-bond donors (Lipinski definition) is 1. The molecule has 4 nitrogen and oxygen atoms in total. The van der Waals surface area contributed by atoms with E-state index in [9.17, 15) is 4.79 Å². The van der Waals surface area contributed by atoms with Crippen molar-refractivity contribution in [2.75, 3.05) is 32.7 Å². The molecule has 1 heterocycles. The van der Waals surface area contributed by atoms with E-state index >= 15 is 0 Å². The van der Waals surface area contributed by atoms with E-state index < -0.39 is 0 Å². The Labute approximate surface area is 168 Å². The van der Waals surface area contributed by atoms with Gasteiger partial charge in [0.15, 0.2) is 5.84 Å². The first-order valence-corrected chi connectivity index (χ1v) is 11.4. The van der Waals surface area contributed by atoms with Crippen molar-refractivity contribution < 1.29 is 9.28 Å². The molecule has 1 aliphatic rings. The molecule has 1 amide bonds. The maximum absolute atomic E-state index is 11.1. The molecule has 0 radical (unpaired) electrons. The van der Waals surface area contributed by atoms with Crippen LogP contribution in [0.25, 0.3) is 0 Å². The van der Waals surface area contributed by atoms with Crippen LogP contribution >= 0.6 is 0 Å². The Morgan fingerprint density at radius 1 is 1.04 bits per heavy atom. The molecule has 4 heteroatoms. The average Bonchev–Trinajstić information content (AvgIpc) is 3.05. The Bertz CT molecular complexity index is 459. The third-order valence-corrected chi connectivity index (χ3v) is 5.80. The highest BCUT2D eigenvalue weighted by atomic mass is 16.1. The number of amides is 1. The summed E-state index contributed by atoms with van der Waals surface area (Å²) in [5.41, 5.74) is 0. The largest absolute Gasteiger partial charge is 0.351 e. The number of carbonyl (C=O) groups excluding carboxylic acids is 1. The number of hydrogen-bond acceptors (Lipinski definition) is 2. The lowest BCUT2D eigenvalue weighted by molar-refractivity contribution is -0.833. The fraction of sp³-hybridized carbons (Fsp3) is 0.826. The topological polar surface area (TPSA) is 41.5 Å². The van der Waals surface area contributed by atoms with Gasteiger partial charge in [0.05, 0.1) is 19.6 Å². The number of amidine groups is 1. The number of nitrogens with zero attached hydrogens (tertiary/aromatic N) is 2. The van der Waals surface area contributed by atoms with E-state index in [0.717, 1.165) is 43.6 Å². The fourth-order valence-corrected chi connectivity index (χ4v) is 3.97. The summed E-state index contributed by atoms with van der Waals surface area (Å²) in [7, 11) is 0. The first-order chi connectivity index (χ1) is 13.1. The molecule has 0 aliphatic carbocycles. The maximum Gasteiger partial charge on any atom is 0.217 e. The van der Waals surface area contributed by atoms with Crippen LogP contribution in [0.2, 0.25) is 0 Å². The van der Waals surface area contributed by atoms with Crippen molar-refractivity contribution in [3.63, 3.8) is 0 Å². The summed E-state index contributed by atoms with van der Waals surface area (Å²) in [6.07, 6.45) is 19.0. The van der Waals surface area contributed by atoms with Crippen LogP contribution in [0.5, 0.6) is 0 Å². The minimum atomic E-state index is 0.0666. The van der Waals surface area contributed by atoms with E-state index in [4.69, 9.17) is 4.99 Å². The van der Waals surface area contributed by atoms with Crippen LogP contribution < -0.4 is 5.32 Å². The molecular weight excluding hydrogens is 334 g/mol. The number of allylic oxidation sites excluding steroid dienone is 2. The fourth-order valence-electron chi connectivity index (χ4n) is 3.97. The Morgan fingerprint density at radius 3 is 2.33 bits per heavy atom. The van der Waals surface area contributed by atoms with Crippen molar-refractivity contribution in [2.45, 2.75) is 91.4 Å². The van der Waals surface area contributed by atoms with E-state index in [1.54, 1.807) is 6.92 Å². The van der Waals surface area contributed by atoms with Crippen molar-refractivity contribution in [1.29, 1.82) is 0 Å². The van der Waals surface area contributed by atoms with Gasteiger partial charge in [-0.15, -0.1) is 0 Å². The van der Waals surface area contributed by atoms with Gasteiger partial charge in [-0.25, -0.2) is 4.99 Å². The van der Waals surface area contributed by atoms with Gasteiger partial charge in [0.25, 0.3) is 0 Å². The Balaban J connectivity index is 2.12. The van der Waals surface area contributed by atoms with Crippen molar-refractivity contribution >= 4 is 11.7 Å². The SMILES string of the molecule is CCCCCC/C=C/CCCCCCC1=NCC[N+]1(CC)CCNC(C)=O. The summed E-state index contributed by atoms with van der Waals surface area (Å²) in [5, 5.41) is 2.95. The van der Waals surface area contributed by atoms with Gasteiger partial charge in [-0.2, -0.15) is 0 Å². The molecule has 1 unspecified atom stereocenters. The van der Waals surface area contributed by atoms with Crippen molar-refractivity contribution in [3.8, 4) is 0 Å². The molecule has 0 spiro atoms. The molecule has 0 saturated carbocycles. The number of rotatable bonds is 16. The van der Waals surface area contributed by atoms with Gasteiger partial charge < -0.3 is 5.32 Å². The first-order valence-electron chi connectivity index (χ1n) is 11.4. The number of carbonyl (C=O) groups is 1. The van der Waals surface area contributed by atoms with E-state index in [1.807, 2.05) is 0 Å². The Hall–Kier alpha value is -1.16. The van der Waals surface area contributed by atoms with Gasteiger partial charge in [-0.05, 0) is 39.0 Å². The van der Waals surface area contributed by atoms with Crippen LogP contribution in [0.4, 0.5) is 0 Å². The zero-order chi connectivity index (χ0) is 19.8. The van der Waals surface area contributed by atoms with E-state index in [1.165, 1.54) is 70.0 Å². The molecular formula is C23H44N3O+. The third kappa shape index (κ3) is 10.1. The molecule has 1 N–H and O–H groups in total. The highest BCUT2D eigenvalue weighted by molar-refractivity contribution is 5.77. The first kappa shape index (κ1) is 23.9. The summed E-state index contributed by atoms with van der Waals surface area (Å²) in [6.45, 7) is 11.0. The molecule has 0 saturated heterocycles. The van der Waals surface area contributed by atoms with Crippen LogP contribution in [0, 0.1) is 0 Å². The molecule has 0 aromatic carbocycles. The van der Waals surface area contributed by atoms with Crippen molar-refractivity contribution in [2.24, 2.45) is 4.99 Å². The smallest absolute Gasteiger partial charge is 0.217 e. The summed E-state index contributed by atoms with van der Waals surface area (Å²) in [5.74, 6) is 1.44. The Morgan fingerprint density at radius 2 is 1.70 bits per heavy atom. The predicted octanol–water partition coefficient (Wildman–Crippen LogP) is 5.24. The summed E-state index contributed by atoms with van der Waals surface area (Å²) >= 11 is 0. The van der Waals surface area contributed by atoms with Gasteiger partial charge in [-0.1, -0.05) is 51.2 Å². The zero-order valence-electron chi connectivity index (χ0n) is 18.3. The number of unbranched alkanes of at least 4 members (excludes halogenated alkanes) is 8. The Kier molecular flexibility index (Phi) is 13.1. The molecule has 156 valence electrons. The van der Waals surface area contributed by atoms with Crippen LogP contribution in [-0.2, 0) is 4.79 Å². The lowest BCUT2D eigenvalue weighted by Gasteiger charge is -2.33. The molecule has 0 fully saturated rings. The highest BCUT2D eigenvalue weighted by Crippen LogP contribution is 2.19. The number of nitrogens with one attached hydrogen (secondary N) is 1. The normalized spacial score (nSPS) is 19.6. The second kappa shape index (κ2) is 14.8. The zero-order valence-corrected chi connectivity index (χ0v) is 18.3. The lowest BCUT2D eigenvalue weighted by atomic mass is 10.1. The highest BCUT2D eigenvalue weighted by Gasteiger charge is 2.35. The van der Waals surface area contributed by atoms with E-state index in [2.05, 4.69) is 31.3 Å². The lowest BCUT2D eigenvalue weighted by Crippen LogP contribution is -2.54. The van der Waals surface area contributed by atoms with Gasteiger partial charge in [0, 0.05) is 13.3 Å². The number of quaternary nitrogens is 1. The summed E-state index contributed by atoms with van der Waals surface area (Å²) in [4.78, 5) is 15.9. The molecule has 1 aliphatic heterocycles. The minimum absolute atomic E-state index is 0.0666. The molecule has 27 heavy (non-hydrogen) atoms. The van der Waals surface area contributed by atoms with E-state index in [0.29, 0.717) is 0 Å². The number of aliphatic imine (C=N–C) groups is 1.